The molecule has 0 aliphatic rings. The molecule has 5 heteroatoms. The van der Waals surface area contributed by atoms with Crippen LogP contribution in [0.2, 0.25) is 0 Å². The maximum Gasteiger partial charge on any atom is 0.178 e. The highest BCUT2D eigenvalue weighted by Crippen LogP contribution is 2.20. The molecule has 3 rings (SSSR count). The van der Waals surface area contributed by atoms with E-state index in [-0.39, 0.29) is 0 Å². The lowest BCUT2D eigenvalue weighted by molar-refractivity contribution is 0.808. The predicted molar refractivity (Wildman–Crippen MR) is 80.0 cm³/mol. The summed E-state index contributed by atoms with van der Waals surface area (Å²) in [5.41, 5.74) is 5.14. The Morgan fingerprint density at radius 1 is 1.42 bits per heavy atom. The van der Waals surface area contributed by atoms with Crippen LogP contribution in [0.1, 0.15) is 16.7 Å². The maximum absolute atomic E-state index is 9.00. The Balaban J connectivity index is 2.17. The molecule has 0 unspecified atom stereocenters. The fourth-order valence-electron chi connectivity index (χ4n) is 2.10. The number of nitrogens with zero attached hydrogens (tertiary/aromatic N) is 2. The Labute approximate surface area is 119 Å². The van der Waals surface area contributed by atoms with Gasteiger partial charge in [-0.3, -0.25) is 0 Å². The Morgan fingerprint density at radius 2 is 2.26 bits per heavy atom. The number of rotatable bonds is 2. The van der Waals surface area contributed by atoms with Gasteiger partial charge in [-0.2, -0.15) is 16.6 Å². The number of fused-ring (bicyclic) bond motifs is 1. The third-order valence-electron chi connectivity index (χ3n) is 3.19. The number of aryl methyl sites for hydroxylation is 1. The van der Waals surface area contributed by atoms with E-state index in [1.165, 1.54) is 11.1 Å². The topological polar surface area (TPSA) is 44.5 Å². The number of aromatic amines is 1. The zero-order valence-electron chi connectivity index (χ0n) is 10.3. The second-order valence-corrected chi connectivity index (χ2v) is 5.57. The van der Waals surface area contributed by atoms with Crippen LogP contribution in [-0.2, 0) is 6.54 Å². The van der Waals surface area contributed by atoms with E-state index in [1.54, 1.807) is 17.4 Å². The molecule has 1 aromatic carbocycles. The first kappa shape index (κ1) is 12.2. The number of benzene rings is 1. The zero-order chi connectivity index (χ0) is 13.4. The van der Waals surface area contributed by atoms with Gasteiger partial charge in [-0.15, -0.1) is 0 Å². The summed E-state index contributed by atoms with van der Waals surface area (Å²) in [6.45, 7) is 2.84. The summed E-state index contributed by atoms with van der Waals surface area (Å²) in [5, 5.41) is 13.3. The van der Waals surface area contributed by atoms with Gasteiger partial charge < -0.3 is 9.55 Å². The van der Waals surface area contributed by atoms with Crippen molar-refractivity contribution in [2.75, 3.05) is 0 Å². The minimum Gasteiger partial charge on any atom is -0.331 e. The summed E-state index contributed by atoms with van der Waals surface area (Å²) in [6, 6.07) is 7.75. The first-order chi connectivity index (χ1) is 9.19. The Bertz CT molecular complexity index is 846. The molecule has 0 saturated carbocycles. The van der Waals surface area contributed by atoms with Crippen molar-refractivity contribution in [1.82, 2.24) is 9.55 Å². The van der Waals surface area contributed by atoms with Gasteiger partial charge in [0.2, 0.25) is 0 Å². The first-order valence-electron chi connectivity index (χ1n) is 5.83. The van der Waals surface area contributed by atoms with E-state index in [2.05, 4.69) is 28.7 Å². The van der Waals surface area contributed by atoms with Crippen molar-refractivity contribution in [1.29, 1.82) is 5.26 Å². The summed E-state index contributed by atoms with van der Waals surface area (Å²) in [6.07, 6.45) is 0. The number of aromatic nitrogens is 2. The van der Waals surface area contributed by atoms with Crippen LogP contribution in [0.3, 0.4) is 0 Å². The van der Waals surface area contributed by atoms with E-state index >= 15 is 0 Å². The molecule has 1 N–H and O–H groups in total. The monoisotopic (exact) mass is 285 g/mol. The van der Waals surface area contributed by atoms with Gasteiger partial charge in [-0.05, 0) is 59.2 Å². The van der Waals surface area contributed by atoms with Crippen molar-refractivity contribution in [3.8, 4) is 6.07 Å². The number of H-pyrrole nitrogens is 1. The van der Waals surface area contributed by atoms with E-state index in [9.17, 15) is 0 Å². The molecule has 2 aromatic heterocycles. The number of imidazole rings is 1. The fourth-order valence-corrected chi connectivity index (χ4v) is 3.22. The first-order valence-corrected chi connectivity index (χ1v) is 7.18. The predicted octanol–water partition coefficient (Wildman–Crippen LogP) is 3.99. The largest absolute Gasteiger partial charge is 0.331 e. The minimum atomic E-state index is 0.650. The molecule has 94 valence electrons. The second-order valence-electron chi connectivity index (χ2n) is 4.44. The molecule has 19 heavy (non-hydrogen) atoms. The van der Waals surface area contributed by atoms with Crippen molar-refractivity contribution in [3.05, 3.63) is 50.4 Å². The normalized spacial score (nSPS) is 10.7. The van der Waals surface area contributed by atoms with Crippen molar-refractivity contribution in [2.24, 2.45) is 0 Å². The second kappa shape index (κ2) is 4.65. The van der Waals surface area contributed by atoms with Crippen LogP contribution in [0.15, 0.2) is 29.0 Å². The summed E-state index contributed by atoms with van der Waals surface area (Å²) < 4.78 is 2.73. The summed E-state index contributed by atoms with van der Waals surface area (Å²) in [4.78, 5) is 3.18. The number of hydrogen-bond donors (Lipinski definition) is 1. The van der Waals surface area contributed by atoms with Crippen LogP contribution in [-0.4, -0.2) is 9.55 Å². The number of nitriles is 1. The molecule has 0 saturated heterocycles. The van der Waals surface area contributed by atoms with Gasteiger partial charge >= 0.3 is 0 Å². The molecule has 2 heterocycles. The lowest BCUT2D eigenvalue weighted by atomic mass is 10.2. The molecule has 0 aliphatic carbocycles. The van der Waals surface area contributed by atoms with Gasteiger partial charge in [-0.1, -0.05) is 0 Å². The standard InChI is InChI=1S/C14H11N3S2/c1-9-7-19-8-11(9)6-17-13-4-10(5-15)2-3-12(13)16-14(17)18/h2-4,7-8H,6H2,1H3,(H,16,18). The Kier molecular flexibility index (Phi) is 2.97. The molecule has 0 spiro atoms. The van der Waals surface area contributed by atoms with Crippen molar-refractivity contribution < 1.29 is 0 Å². The highest BCUT2D eigenvalue weighted by atomic mass is 32.1. The summed E-state index contributed by atoms with van der Waals surface area (Å²) in [5.74, 6) is 0. The van der Waals surface area contributed by atoms with Gasteiger partial charge in [-0.25, -0.2) is 0 Å². The van der Waals surface area contributed by atoms with Crippen molar-refractivity contribution in [3.63, 3.8) is 0 Å². The highest BCUT2D eigenvalue weighted by Gasteiger charge is 2.08. The smallest absolute Gasteiger partial charge is 0.178 e. The van der Waals surface area contributed by atoms with Gasteiger partial charge in [0.05, 0.1) is 29.2 Å². The van der Waals surface area contributed by atoms with Crippen LogP contribution in [0, 0.1) is 23.0 Å². The maximum atomic E-state index is 9.00. The van der Waals surface area contributed by atoms with Crippen molar-refractivity contribution in [2.45, 2.75) is 13.5 Å². The van der Waals surface area contributed by atoms with Gasteiger partial charge in [0.25, 0.3) is 0 Å². The average molecular weight is 285 g/mol. The summed E-state index contributed by atoms with van der Waals surface area (Å²) in [7, 11) is 0. The molecule has 0 bridgehead atoms. The van der Waals surface area contributed by atoms with E-state index in [0.29, 0.717) is 10.3 Å². The summed E-state index contributed by atoms with van der Waals surface area (Å²) >= 11 is 7.07. The number of nitrogens with one attached hydrogen (secondary N) is 1. The van der Waals surface area contributed by atoms with E-state index < -0.39 is 0 Å². The average Bonchev–Trinajstić information content (AvgIpc) is 2.94. The fraction of sp³-hybridized carbons (Fsp3) is 0.143. The Morgan fingerprint density at radius 3 is 2.95 bits per heavy atom. The SMILES string of the molecule is Cc1cscc1Cn1c(=S)[nH]c2ccc(C#N)cc21. The third kappa shape index (κ3) is 2.09. The van der Waals surface area contributed by atoms with Crippen LogP contribution in [0.4, 0.5) is 0 Å². The van der Waals surface area contributed by atoms with Crippen molar-refractivity contribution >= 4 is 34.6 Å². The molecule has 0 amide bonds. The molecule has 3 aromatic rings. The lowest BCUT2D eigenvalue weighted by Gasteiger charge is -2.04. The number of hydrogen-bond acceptors (Lipinski definition) is 3. The Hall–Kier alpha value is -1.90. The molecular weight excluding hydrogens is 274 g/mol. The number of thiophene rings is 1. The molecule has 0 fully saturated rings. The molecule has 0 atom stereocenters. The minimum absolute atomic E-state index is 0.650. The van der Waals surface area contributed by atoms with Gasteiger partial charge in [0.1, 0.15) is 0 Å². The van der Waals surface area contributed by atoms with E-state index in [4.69, 9.17) is 17.5 Å². The molecule has 0 radical (unpaired) electrons. The van der Waals surface area contributed by atoms with Crippen LogP contribution in [0.25, 0.3) is 11.0 Å². The van der Waals surface area contributed by atoms with E-state index in [0.717, 1.165) is 17.6 Å². The van der Waals surface area contributed by atoms with Crippen LogP contribution < -0.4 is 0 Å². The third-order valence-corrected chi connectivity index (χ3v) is 4.43. The highest BCUT2D eigenvalue weighted by molar-refractivity contribution is 7.71. The molecular formula is C14H11N3S2. The van der Waals surface area contributed by atoms with Gasteiger partial charge in [0, 0.05) is 0 Å². The van der Waals surface area contributed by atoms with Crippen LogP contribution in [0.5, 0.6) is 0 Å². The zero-order valence-corrected chi connectivity index (χ0v) is 11.9. The lowest BCUT2D eigenvalue weighted by Crippen LogP contribution is -1.99. The molecule has 0 aliphatic heterocycles. The van der Waals surface area contributed by atoms with E-state index in [1.807, 2.05) is 16.7 Å². The van der Waals surface area contributed by atoms with Crippen LogP contribution >= 0.6 is 23.6 Å². The molecule has 3 nitrogen and oxygen atoms in total. The quantitative estimate of drug-likeness (QED) is 0.724. The van der Waals surface area contributed by atoms with Gasteiger partial charge in [0.15, 0.2) is 4.77 Å².